The second-order valence-corrected chi connectivity index (χ2v) is 4.57. The Kier molecular flexibility index (Phi) is 3.33. The molecule has 2 rings (SSSR count). The van der Waals surface area contributed by atoms with Crippen LogP contribution in [0, 0.1) is 0 Å². The van der Waals surface area contributed by atoms with E-state index in [1.54, 1.807) is 0 Å². The molecule has 1 aliphatic carbocycles. The topological polar surface area (TPSA) is 9.23 Å². The minimum atomic E-state index is 0.401. The van der Waals surface area contributed by atoms with Gasteiger partial charge in [0.2, 0.25) is 0 Å². The van der Waals surface area contributed by atoms with Gasteiger partial charge in [-0.05, 0) is 54.9 Å². The smallest absolute Gasteiger partial charge is 0.119 e. The van der Waals surface area contributed by atoms with Crippen LogP contribution in [0.1, 0.15) is 49.7 Å². The molecule has 0 heterocycles. The molecule has 0 amide bonds. The lowest BCUT2D eigenvalue weighted by Crippen LogP contribution is -1.96. The van der Waals surface area contributed by atoms with Crippen LogP contribution < -0.4 is 4.74 Å². The number of rotatable bonds is 5. The van der Waals surface area contributed by atoms with Gasteiger partial charge in [0.05, 0.1) is 6.61 Å². The largest absolute Gasteiger partial charge is 0.494 e. The molecule has 0 radical (unpaired) electrons. The summed E-state index contributed by atoms with van der Waals surface area (Å²) in [5, 5.41) is 0. The summed E-state index contributed by atoms with van der Waals surface area (Å²) in [7, 11) is 0. The van der Waals surface area contributed by atoms with Gasteiger partial charge in [-0.2, -0.15) is 0 Å². The van der Waals surface area contributed by atoms with Crippen LogP contribution in [0.3, 0.4) is 0 Å². The average Bonchev–Trinajstić information content (AvgIpc) is 3.12. The highest BCUT2D eigenvalue weighted by Crippen LogP contribution is 2.42. The van der Waals surface area contributed by atoms with Crippen molar-refractivity contribution in [3.63, 3.8) is 0 Å². The number of ether oxygens (including phenoxy) is 1. The van der Waals surface area contributed by atoms with Gasteiger partial charge in [-0.25, -0.2) is 0 Å². The third-order valence-electron chi connectivity index (χ3n) is 3.19. The number of allylic oxidation sites excluding steroid dienone is 1. The Balaban J connectivity index is 2.31. The Morgan fingerprint density at radius 3 is 2.75 bits per heavy atom. The highest BCUT2D eigenvalue weighted by atomic mass is 16.5. The lowest BCUT2D eigenvalue weighted by atomic mass is 9.97. The molecule has 0 N–H and O–H groups in total. The maximum Gasteiger partial charge on any atom is 0.119 e. The van der Waals surface area contributed by atoms with E-state index in [9.17, 15) is 0 Å². The lowest BCUT2D eigenvalue weighted by Gasteiger charge is -2.12. The summed E-state index contributed by atoms with van der Waals surface area (Å²) < 4.78 is 5.63. The van der Waals surface area contributed by atoms with E-state index in [1.165, 1.54) is 24.0 Å². The number of hydrogen-bond acceptors (Lipinski definition) is 1. The van der Waals surface area contributed by atoms with Crippen LogP contribution in [-0.4, -0.2) is 6.61 Å². The first-order valence-corrected chi connectivity index (χ1v) is 6.14. The number of hydrogen-bond donors (Lipinski definition) is 0. The van der Waals surface area contributed by atoms with Crippen LogP contribution in [0.15, 0.2) is 30.9 Å². The minimum absolute atomic E-state index is 0.401. The van der Waals surface area contributed by atoms with E-state index >= 15 is 0 Å². The van der Waals surface area contributed by atoms with Crippen molar-refractivity contribution >= 4 is 0 Å². The monoisotopic (exact) mass is 216 g/mol. The molecule has 1 aromatic carbocycles. The summed E-state index contributed by atoms with van der Waals surface area (Å²) in [5.74, 6) is 2.18. The van der Waals surface area contributed by atoms with Crippen molar-refractivity contribution in [2.45, 2.75) is 38.5 Å². The SMILES string of the molecule is C=CC(C)c1cc(OCC)cc(C2CC2)c1. The van der Waals surface area contributed by atoms with Gasteiger partial charge in [0.1, 0.15) is 5.75 Å². The van der Waals surface area contributed by atoms with Crippen molar-refractivity contribution in [1.82, 2.24) is 0 Å². The van der Waals surface area contributed by atoms with E-state index in [-0.39, 0.29) is 0 Å². The predicted octanol–water partition coefficient (Wildman–Crippen LogP) is 4.25. The maximum atomic E-state index is 5.63. The zero-order valence-electron chi connectivity index (χ0n) is 10.2. The Hall–Kier alpha value is -1.24. The molecule has 1 heteroatoms. The fraction of sp³-hybridized carbons (Fsp3) is 0.467. The highest BCUT2D eigenvalue weighted by molar-refractivity contribution is 5.40. The van der Waals surface area contributed by atoms with E-state index in [4.69, 9.17) is 4.74 Å². The molecule has 16 heavy (non-hydrogen) atoms. The van der Waals surface area contributed by atoms with E-state index in [0.29, 0.717) is 5.92 Å². The standard InChI is InChI=1S/C15H20O/c1-4-11(3)13-8-14(12-6-7-12)10-15(9-13)16-5-2/h4,8-12H,1,5-7H2,2-3H3. The van der Waals surface area contributed by atoms with Crippen LogP contribution in [-0.2, 0) is 0 Å². The van der Waals surface area contributed by atoms with Crippen molar-refractivity contribution in [3.05, 3.63) is 42.0 Å². The fourth-order valence-electron chi connectivity index (χ4n) is 1.95. The second-order valence-electron chi connectivity index (χ2n) is 4.57. The van der Waals surface area contributed by atoms with Crippen LogP contribution in [0.4, 0.5) is 0 Å². The van der Waals surface area contributed by atoms with Crippen LogP contribution in [0.5, 0.6) is 5.75 Å². The quantitative estimate of drug-likeness (QED) is 0.668. The normalized spacial score (nSPS) is 16.9. The van der Waals surface area contributed by atoms with Crippen molar-refractivity contribution in [2.75, 3.05) is 6.61 Å². The maximum absolute atomic E-state index is 5.63. The molecule has 0 saturated heterocycles. The summed E-state index contributed by atoms with van der Waals surface area (Å²) in [6.45, 7) is 8.80. The number of benzene rings is 1. The van der Waals surface area contributed by atoms with Gasteiger partial charge in [0, 0.05) is 0 Å². The molecule has 0 bridgehead atoms. The average molecular weight is 216 g/mol. The molecule has 1 atom stereocenters. The van der Waals surface area contributed by atoms with E-state index in [1.807, 2.05) is 13.0 Å². The van der Waals surface area contributed by atoms with E-state index < -0.39 is 0 Å². The fourth-order valence-corrected chi connectivity index (χ4v) is 1.95. The van der Waals surface area contributed by atoms with E-state index in [0.717, 1.165) is 18.3 Å². The van der Waals surface area contributed by atoms with Gasteiger partial charge < -0.3 is 4.74 Å². The first-order chi connectivity index (χ1) is 7.74. The third-order valence-corrected chi connectivity index (χ3v) is 3.19. The zero-order valence-corrected chi connectivity index (χ0v) is 10.2. The third kappa shape index (κ3) is 2.46. The van der Waals surface area contributed by atoms with Crippen molar-refractivity contribution in [1.29, 1.82) is 0 Å². The minimum Gasteiger partial charge on any atom is -0.494 e. The van der Waals surface area contributed by atoms with Crippen molar-refractivity contribution in [3.8, 4) is 5.75 Å². The summed E-state index contributed by atoms with van der Waals surface area (Å²) >= 11 is 0. The van der Waals surface area contributed by atoms with Gasteiger partial charge in [-0.1, -0.05) is 19.1 Å². The molecule has 1 aliphatic rings. The molecule has 0 aliphatic heterocycles. The lowest BCUT2D eigenvalue weighted by molar-refractivity contribution is 0.339. The zero-order chi connectivity index (χ0) is 11.5. The van der Waals surface area contributed by atoms with Crippen molar-refractivity contribution in [2.24, 2.45) is 0 Å². The van der Waals surface area contributed by atoms with Crippen LogP contribution in [0.25, 0.3) is 0 Å². The molecular formula is C15H20O. The van der Waals surface area contributed by atoms with Gasteiger partial charge in [0.15, 0.2) is 0 Å². The van der Waals surface area contributed by atoms with Gasteiger partial charge in [0.25, 0.3) is 0 Å². The Morgan fingerprint density at radius 2 is 2.19 bits per heavy atom. The van der Waals surface area contributed by atoms with Gasteiger partial charge in [-0.15, -0.1) is 6.58 Å². The molecule has 1 saturated carbocycles. The van der Waals surface area contributed by atoms with Crippen molar-refractivity contribution < 1.29 is 4.74 Å². The Bertz CT molecular complexity index is 377. The van der Waals surface area contributed by atoms with E-state index in [2.05, 4.69) is 31.7 Å². The predicted molar refractivity (Wildman–Crippen MR) is 68.2 cm³/mol. The van der Waals surface area contributed by atoms with Gasteiger partial charge in [-0.3, -0.25) is 0 Å². The first kappa shape index (κ1) is 11.3. The summed E-state index contributed by atoms with van der Waals surface area (Å²) in [6, 6.07) is 6.65. The van der Waals surface area contributed by atoms with Crippen LogP contribution in [0.2, 0.25) is 0 Å². The molecule has 0 aromatic heterocycles. The Morgan fingerprint density at radius 1 is 1.44 bits per heavy atom. The Labute approximate surface area is 98.1 Å². The van der Waals surface area contributed by atoms with Crippen LogP contribution >= 0.6 is 0 Å². The van der Waals surface area contributed by atoms with Gasteiger partial charge >= 0.3 is 0 Å². The first-order valence-electron chi connectivity index (χ1n) is 6.14. The molecule has 1 fully saturated rings. The molecule has 1 unspecified atom stereocenters. The summed E-state index contributed by atoms with van der Waals surface area (Å²) in [6.07, 6.45) is 4.65. The molecular weight excluding hydrogens is 196 g/mol. The molecule has 1 nitrogen and oxygen atoms in total. The molecule has 1 aromatic rings. The molecule has 86 valence electrons. The molecule has 0 spiro atoms. The summed E-state index contributed by atoms with van der Waals surface area (Å²) in [4.78, 5) is 0. The summed E-state index contributed by atoms with van der Waals surface area (Å²) in [5.41, 5.74) is 2.76. The highest BCUT2D eigenvalue weighted by Gasteiger charge is 2.24. The second kappa shape index (κ2) is 4.73.